The van der Waals surface area contributed by atoms with Crippen LogP contribution in [0.25, 0.3) is 0 Å². The lowest BCUT2D eigenvalue weighted by atomic mass is 10.1. The molecule has 0 spiro atoms. The molecule has 6 heteroatoms. The first kappa shape index (κ1) is 11.8. The van der Waals surface area contributed by atoms with Gasteiger partial charge in [-0.2, -0.15) is 0 Å². The Morgan fingerprint density at radius 1 is 1.53 bits per heavy atom. The van der Waals surface area contributed by atoms with Crippen LogP contribution in [0.5, 0.6) is 0 Å². The van der Waals surface area contributed by atoms with E-state index in [0.717, 1.165) is 6.42 Å². The molecule has 17 heavy (non-hydrogen) atoms. The van der Waals surface area contributed by atoms with Gasteiger partial charge in [-0.3, -0.25) is 4.79 Å². The van der Waals surface area contributed by atoms with Crippen molar-refractivity contribution in [2.24, 2.45) is 0 Å². The fourth-order valence-electron chi connectivity index (χ4n) is 2.01. The first-order valence-corrected chi connectivity index (χ1v) is 5.56. The molecule has 0 aromatic carbocycles. The summed E-state index contributed by atoms with van der Waals surface area (Å²) >= 11 is 0. The Kier molecular flexibility index (Phi) is 3.23. The lowest BCUT2D eigenvalue weighted by Crippen LogP contribution is -2.41. The standard InChI is InChI=1S/C11H16N4O2/c1-7-9(3-4-17-7)15(2)11(16)8-5-14-10(12)6-13-8/h5-7,9H,3-4H2,1-2H3,(H2,12,14). The fourth-order valence-corrected chi connectivity index (χ4v) is 2.01. The maximum Gasteiger partial charge on any atom is 0.274 e. The number of anilines is 1. The number of carbonyl (C=O) groups is 1. The monoisotopic (exact) mass is 236 g/mol. The third kappa shape index (κ3) is 2.36. The van der Waals surface area contributed by atoms with Crippen molar-refractivity contribution in [3.8, 4) is 0 Å². The van der Waals surface area contributed by atoms with Gasteiger partial charge in [0, 0.05) is 13.7 Å². The quantitative estimate of drug-likeness (QED) is 0.799. The molecule has 92 valence electrons. The molecule has 1 aromatic heterocycles. The zero-order valence-electron chi connectivity index (χ0n) is 9.96. The van der Waals surface area contributed by atoms with Crippen LogP contribution in [0.4, 0.5) is 5.82 Å². The highest BCUT2D eigenvalue weighted by Gasteiger charge is 2.31. The largest absolute Gasteiger partial charge is 0.382 e. The molecule has 0 bridgehead atoms. The number of nitrogens with zero attached hydrogens (tertiary/aromatic N) is 3. The summed E-state index contributed by atoms with van der Waals surface area (Å²) in [5.41, 5.74) is 5.73. The number of rotatable bonds is 2. The van der Waals surface area contributed by atoms with Crippen molar-refractivity contribution < 1.29 is 9.53 Å². The van der Waals surface area contributed by atoms with E-state index in [-0.39, 0.29) is 18.1 Å². The minimum atomic E-state index is -0.153. The normalized spacial score (nSPS) is 23.6. The molecular weight excluding hydrogens is 220 g/mol. The number of carbonyl (C=O) groups excluding carboxylic acids is 1. The lowest BCUT2D eigenvalue weighted by Gasteiger charge is -2.26. The predicted molar refractivity (Wildman–Crippen MR) is 62.4 cm³/mol. The van der Waals surface area contributed by atoms with Crippen molar-refractivity contribution in [1.82, 2.24) is 14.9 Å². The highest BCUT2D eigenvalue weighted by atomic mass is 16.5. The first-order valence-electron chi connectivity index (χ1n) is 5.56. The summed E-state index contributed by atoms with van der Waals surface area (Å²) in [6.45, 7) is 2.66. The van der Waals surface area contributed by atoms with E-state index in [9.17, 15) is 4.79 Å². The summed E-state index contributed by atoms with van der Waals surface area (Å²) in [5, 5.41) is 0. The number of nitrogens with two attached hydrogens (primary N) is 1. The van der Waals surface area contributed by atoms with E-state index >= 15 is 0 Å². The Morgan fingerprint density at radius 2 is 2.29 bits per heavy atom. The number of amides is 1. The third-order valence-electron chi connectivity index (χ3n) is 3.04. The third-order valence-corrected chi connectivity index (χ3v) is 3.04. The molecule has 1 aliphatic rings. The van der Waals surface area contributed by atoms with Crippen molar-refractivity contribution >= 4 is 11.7 Å². The van der Waals surface area contributed by atoms with E-state index in [1.165, 1.54) is 12.4 Å². The van der Waals surface area contributed by atoms with Gasteiger partial charge >= 0.3 is 0 Å². The SMILES string of the molecule is CC1OCCC1N(C)C(=O)c1cnc(N)cn1. The Hall–Kier alpha value is -1.69. The van der Waals surface area contributed by atoms with Crippen molar-refractivity contribution in [1.29, 1.82) is 0 Å². The number of nitrogen functional groups attached to an aromatic ring is 1. The summed E-state index contributed by atoms with van der Waals surface area (Å²) in [5.74, 6) is 0.154. The lowest BCUT2D eigenvalue weighted by molar-refractivity contribution is 0.0569. The number of aromatic nitrogens is 2. The van der Waals surface area contributed by atoms with Crippen LogP contribution in [-0.4, -0.2) is 46.6 Å². The molecule has 1 fully saturated rings. The molecule has 1 amide bonds. The minimum Gasteiger partial charge on any atom is -0.382 e. The zero-order valence-corrected chi connectivity index (χ0v) is 9.96. The summed E-state index contributed by atoms with van der Waals surface area (Å²) in [7, 11) is 1.76. The summed E-state index contributed by atoms with van der Waals surface area (Å²) in [6.07, 6.45) is 3.70. The Bertz CT molecular complexity index is 406. The number of hydrogen-bond donors (Lipinski definition) is 1. The van der Waals surface area contributed by atoms with Crippen LogP contribution in [0.2, 0.25) is 0 Å². The van der Waals surface area contributed by atoms with Gasteiger partial charge < -0.3 is 15.4 Å². The Balaban J connectivity index is 2.11. The van der Waals surface area contributed by atoms with Crippen LogP contribution >= 0.6 is 0 Å². The van der Waals surface area contributed by atoms with E-state index in [2.05, 4.69) is 9.97 Å². The highest BCUT2D eigenvalue weighted by Crippen LogP contribution is 2.19. The molecule has 6 nitrogen and oxygen atoms in total. The maximum absolute atomic E-state index is 12.1. The molecule has 0 aliphatic carbocycles. The van der Waals surface area contributed by atoms with Crippen LogP contribution in [0.15, 0.2) is 12.4 Å². The Morgan fingerprint density at radius 3 is 2.82 bits per heavy atom. The number of ether oxygens (including phenoxy) is 1. The van der Waals surface area contributed by atoms with E-state index in [1.807, 2.05) is 6.92 Å². The second-order valence-corrected chi connectivity index (χ2v) is 4.17. The van der Waals surface area contributed by atoms with E-state index < -0.39 is 0 Å². The smallest absolute Gasteiger partial charge is 0.274 e. The van der Waals surface area contributed by atoms with Crippen molar-refractivity contribution in [2.45, 2.75) is 25.5 Å². The van der Waals surface area contributed by atoms with Gasteiger partial charge in [0.05, 0.1) is 24.5 Å². The van der Waals surface area contributed by atoms with Crippen LogP contribution in [0.1, 0.15) is 23.8 Å². The van der Waals surface area contributed by atoms with Crippen LogP contribution in [0, 0.1) is 0 Å². The number of hydrogen-bond acceptors (Lipinski definition) is 5. The molecule has 0 saturated carbocycles. The number of likely N-dealkylation sites (N-methyl/N-ethyl adjacent to an activating group) is 1. The van der Waals surface area contributed by atoms with Gasteiger partial charge in [-0.15, -0.1) is 0 Å². The van der Waals surface area contributed by atoms with Gasteiger partial charge in [-0.1, -0.05) is 0 Å². The Labute approximate surface area is 99.8 Å². The van der Waals surface area contributed by atoms with Gasteiger partial charge in [0.2, 0.25) is 0 Å². The highest BCUT2D eigenvalue weighted by molar-refractivity contribution is 5.92. The van der Waals surface area contributed by atoms with Crippen LogP contribution in [0.3, 0.4) is 0 Å². The molecule has 1 saturated heterocycles. The molecule has 0 radical (unpaired) electrons. The average molecular weight is 236 g/mol. The van der Waals surface area contributed by atoms with E-state index in [1.54, 1.807) is 11.9 Å². The molecule has 2 unspecified atom stereocenters. The van der Waals surface area contributed by atoms with Gasteiger partial charge in [0.1, 0.15) is 11.5 Å². The van der Waals surface area contributed by atoms with Gasteiger partial charge in [-0.25, -0.2) is 9.97 Å². The second kappa shape index (κ2) is 4.67. The molecule has 1 aliphatic heterocycles. The average Bonchev–Trinajstić information content (AvgIpc) is 2.74. The molecule has 2 heterocycles. The van der Waals surface area contributed by atoms with Gasteiger partial charge in [0.25, 0.3) is 5.91 Å². The summed E-state index contributed by atoms with van der Waals surface area (Å²) in [6, 6.07) is 0.0989. The zero-order chi connectivity index (χ0) is 12.4. The van der Waals surface area contributed by atoms with Crippen molar-refractivity contribution in [3.05, 3.63) is 18.1 Å². The topological polar surface area (TPSA) is 81.3 Å². The molecule has 2 N–H and O–H groups in total. The summed E-state index contributed by atoms with van der Waals surface area (Å²) < 4.78 is 5.44. The van der Waals surface area contributed by atoms with Crippen LogP contribution in [-0.2, 0) is 4.74 Å². The first-order chi connectivity index (χ1) is 8.09. The fraction of sp³-hybridized carbons (Fsp3) is 0.545. The maximum atomic E-state index is 12.1. The minimum absolute atomic E-state index is 0.0608. The molecule has 2 rings (SSSR count). The van der Waals surface area contributed by atoms with Crippen molar-refractivity contribution in [3.63, 3.8) is 0 Å². The summed E-state index contributed by atoms with van der Waals surface area (Å²) in [4.78, 5) is 21.6. The van der Waals surface area contributed by atoms with Gasteiger partial charge in [0.15, 0.2) is 0 Å². The molecule has 2 atom stereocenters. The predicted octanol–water partition coefficient (Wildman–Crippen LogP) is 0.308. The molecular formula is C11H16N4O2. The van der Waals surface area contributed by atoms with Crippen LogP contribution < -0.4 is 5.73 Å². The van der Waals surface area contributed by atoms with E-state index in [0.29, 0.717) is 18.1 Å². The van der Waals surface area contributed by atoms with Crippen molar-refractivity contribution in [2.75, 3.05) is 19.4 Å². The van der Waals surface area contributed by atoms with E-state index in [4.69, 9.17) is 10.5 Å². The second-order valence-electron chi connectivity index (χ2n) is 4.17. The van der Waals surface area contributed by atoms with Gasteiger partial charge in [-0.05, 0) is 13.3 Å². The molecule has 1 aromatic rings.